The number of amides is 1. The zero-order chi connectivity index (χ0) is 15.3. The summed E-state index contributed by atoms with van der Waals surface area (Å²) in [7, 11) is 1.59. The number of nitro benzene ring substituents is 1. The topological polar surface area (TPSA) is 75.5 Å². The van der Waals surface area contributed by atoms with E-state index in [4.69, 9.17) is 0 Å². The Morgan fingerprint density at radius 2 is 2.15 bits per heavy atom. The molecule has 0 aliphatic carbocycles. The molecule has 1 N–H and O–H groups in total. The highest BCUT2D eigenvalue weighted by molar-refractivity contribution is 5.81. The van der Waals surface area contributed by atoms with Gasteiger partial charge in [0.15, 0.2) is 0 Å². The number of hydrogen-bond donors (Lipinski definition) is 1. The zero-order valence-electron chi connectivity index (χ0n) is 11.1. The average molecular weight is 287 g/mol. The van der Waals surface area contributed by atoms with Crippen molar-refractivity contribution < 1.29 is 18.5 Å². The highest BCUT2D eigenvalue weighted by Gasteiger charge is 2.18. The quantitative estimate of drug-likeness (QED) is 0.644. The van der Waals surface area contributed by atoms with Crippen molar-refractivity contribution in [3.05, 3.63) is 33.9 Å². The first-order valence-electron chi connectivity index (χ1n) is 5.91. The van der Waals surface area contributed by atoms with Crippen molar-refractivity contribution in [3.63, 3.8) is 0 Å². The number of nitro groups is 1. The molecule has 0 aliphatic rings. The SMILES string of the molecule is CCN(C)C(=O)CNc1ccc([N+](=O)[O-])cc1C(F)F. The summed E-state index contributed by atoms with van der Waals surface area (Å²) in [4.78, 5) is 22.8. The molecule has 8 heteroatoms. The van der Waals surface area contributed by atoms with Gasteiger partial charge in [0, 0.05) is 37.0 Å². The zero-order valence-corrected chi connectivity index (χ0v) is 11.1. The lowest BCUT2D eigenvalue weighted by atomic mass is 10.1. The molecule has 0 atom stereocenters. The molecule has 1 amide bonds. The minimum atomic E-state index is -2.86. The first kappa shape index (κ1) is 15.8. The van der Waals surface area contributed by atoms with E-state index in [9.17, 15) is 23.7 Å². The molecule has 0 radical (unpaired) electrons. The predicted molar refractivity (Wildman–Crippen MR) is 69.9 cm³/mol. The Bertz CT molecular complexity index is 509. The van der Waals surface area contributed by atoms with Gasteiger partial charge in [-0.05, 0) is 13.0 Å². The van der Waals surface area contributed by atoms with Crippen LogP contribution in [0.1, 0.15) is 18.9 Å². The van der Waals surface area contributed by atoms with Crippen LogP contribution >= 0.6 is 0 Å². The van der Waals surface area contributed by atoms with E-state index >= 15 is 0 Å². The van der Waals surface area contributed by atoms with E-state index in [1.165, 1.54) is 11.0 Å². The highest BCUT2D eigenvalue weighted by atomic mass is 19.3. The van der Waals surface area contributed by atoms with Gasteiger partial charge in [0.05, 0.1) is 11.5 Å². The van der Waals surface area contributed by atoms with Gasteiger partial charge in [-0.15, -0.1) is 0 Å². The van der Waals surface area contributed by atoms with Crippen molar-refractivity contribution in [2.45, 2.75) is 13.3 Å². The first-order chi connectivity index (χ1) is 9.36. The molecule has 20 heavy (non-hydrogen) atoms. The molecule has 1 rings (SSSR count). The maximum Gasteiger partial charge on any atom is 0.270 e. The third kappa shape index (κ3) is 3.87. The van der Waals surface area contributed by atoms with Crippen LogP contribution in [0.2, 0.25) is 0 Å². The van der Waals surface area contributed by atoms with Gasteiger partial charge in [-0.2, -0.15) is 0 Å². The number of carbonyl (C=O) groups is 1. The monoisotopic (exact) mass is 287 g/mol. The smallest absolute Gasteiger partial charge is 0.270 e. The number of nitrogens with one attached hydrogen (secondary N) is 1. The number of likely N-dealkylation sites (N-methyl/N-ethyl adjacent to an activating group) is 1. The molecule has 6 nitrogen and oxygen atoms in total. The molecule has 0 saturated carbocycles. The number of benzene rings is 1. The van der Waals surface area contributed by atoms with Gasteiger partial charge in [0.25, 0.3) is 12.1 Å². The van der Waals surface area contributed by atoms with E-state index in [-0.39, 0.29) is 18.1 Å². The second kappa shape index (κ2) is 6.78. The molecule has 1 aromatic carbocycles. The maximum absolute atomic E-state index is 12.9. The van der Waals surface area contributed by atoms with Crippen molar-refractivity contribution >= 4 is 17.3 Å². The minimum absolute atomic E-state index is 0.0171. The van der Waals surface area contributed by atoms with Crippen molar-refractivity contribution in [1.82, 2.24) is 4.90 Å². The second-order valence-corrected chi connectivity index (χ2v) is 4.09. The second-order valence-electron chi connectivity index (χ2n) is 4.09. The summed E-state index contributed by atoms with van der Waals surface area (Å²) in [6.07, 6.45) is -2.86. The fraction of sp³-hybridized carbons (Fsp3) is 0.417. The number of alkyl halides is 2. The number of halogens is 2. The van der Waals surface area contributed by atoms with E-state index in [0.717, 1.165) is 12.1 Å². The fourth-order valence-corrected chi connectivity index (χ4v) is 1.49. The normalized spacial score (nSPS) is 10.4. The molecule has 0 saturated heterocycles. The molecular formula is C12H15F2N3O3. The van der Waals surface area contributed by atoms with E-state index in [2.05, 4.69) is 5.32 Å². The van der Waals surface area contributed by atoms with Crippen LogP contribution in [0.5, 0.6) is 0 Å². The minimum Gasteiger partial charge on any atom is -0.376 e. The lowest BCUT2D eigenvalue weighted by Crippen LogP contribution is -2.32. The highest BCUT2D eigenvalue weighted by Crippen LogP contribution is 2.30. The van der Waals surface area contributed by atoms with Gasteiger partial charge < -0.3 is 10.2 Å². The predicted octanol–water partition coefficient (Wildman–Crippen LogP) is 2.42. The van der Waals surface area contributed by atoms with Gasteiger partial charge >= 0.3 is 0 Å². The van der Waals surface area contributed by atoms with E-state index in [1.807, 2.05) is 0 Å². The van der Waals surface area contributed by atoms with Crippen LogP contribution in [-0.2, 0) is 4.79 Å². The van der Waals surface area contributed by atoms with Crippen LogP contribution in [0, 0.1) is 10.1 Å². The summed E-state index contributed by atoms with van der Waals surface area (Å²) in [5.41, 5.74) is -0.891. The number of rotatable bonds is 6. The van der Waals surface area contributed by atoms with Crippen LogP contribution in [0.25, 0.3) is 0 Å². The van der Waals surface area contributed by atoms with Crippen LogP contribution in [-0.4, -0.2) is 35.9 Å². The molecule has 0 fully saturated rings. The number of carbonyl (C=O) groups excluding carboxylic acids is 1. The van der Waals surface area contributed by atoms with Crippen molar-refractivity contribution in [2.75, 3.05) is 25.5 Å². The summed E-state index contributed by atoms with van der Waals surface area (Å²) in [6, 6.07) is 3.10. The molecule has 0 aliphatic heterocycles. The number of non-ortho nitro benzene ring substituents is 1. The van der Waals surface area contributed by atoms with Gasteiger partial charge in [0.2, 0.25) is 5.91 Å². The van der Waals surface area contributed by atoms with E-state index < -0.39 is 22.6 Å². The summed E-state index contributed by atoms with van der Waals surface area (Å²) in [6.45, 7) is 2.14. The van der Waals surface area contributed by atoms with Crippen molar-refractivity contribution in [2.24, 2.45) is 0 Å². The van der Waals surface area contributed by atoms with Crippen LogP contribution in [0.15, 0.2) is 18.2 Å². The Hall–Kier alpha value is -2.25. The maximum atomic E-state index is 12.9. The molecule has 0 heterocycles. The number of nitrogens with zero attached hydrogens (tertiary/aromatic N) is 2. The molecule has 0 unspecified atom stereocenters. The van der Waals surface area contributed by atoms with E-state index in [1.54, 1.807) is 14.0 Å². The van der Waals surface area contributed by atoms with E-state index in [0.29, 0.717) is 6.54 Å². The Kier molecular flexibility index (Phi) is 5.36. The molecule has 0 aromatic heterocycles. The van der Waals surface area contributed by atoms with Gasteiger partial charge in [0.1, 0.15) is 0 Å². The summed E-state index contributed by atoms with van der Waals surface area (Å²) in [5.74, 6) is -0.258. The third-order valence-electron chi connectivity index (χ3n) is 2.81. The van der Waals surface area contributed by atoms with Crippen LogP contribution in [0.4, 0.5) is 20.2 Å². The van der Waals surface area contributed by atoms with Crippen molar-refractivity contribution in [1.29, 1.82) is 0 Å². The Morgan fingerprint density at radius 1 is 1.50 bits per heavy atom. The third-order valence-corrected chi connectivity index (χ3v) is 2.81. The molecular weight excluding hydrogens is 272 g/mol. The average Bonchev–Trinajstić information content (AvgIpc) is 2.43. The van der Waals surface area contributed by atoms with Crippen LogP contribution < -0.4 is 5.32 Å². The summed E-state index contributed by atoms with van der Waals surface area (Å²) < 4.78 is 25.7. The van der Waals surface area contributed by atoms with Gasteiger partial charge in [-0.3, -0.25) is 14.9 Å². The molecule has 0 spiro atoms. The molecule has 110 valence electrons. The fourth-order valence-electron chi connectivity index (χ4n) is 1.49. The summed E-state index contributed by atoms with van der Waals surface area (Å²) in [5, 5.41) is 13.1. The standard InChI is InChI=1S/C12H15F2N3O3/c1-3-16(2)11(18)7-15-10-5-4-8(17(19)20)6-9(10)12(13)14/h4-6,12,15H,3,7H2,1-2H3. The van der Waals surface area contributed by atoms with Crippen molar-refractivity contribution in [3.8, 4) is 0 Å². The number of anilines is 1. The molecule has 1 aromatic rings. The number of hydrogen-bond acceptors (Lipinski definition) is 4. The Balaban J connectivity index is 2.89. The van der Waals surface area contributed by atoms with Gasteiger partial charge in [-0.25, -0.2) is 8.78 Å². The Labute approximate surface area is 114 Å². The lowest BCUT2D eigenvalue weighted by molar-refractivity contribution is -0.385. The van der Waals surface area contributed by atoms with Crippen LogP contribution in [0.3, 0.4) is 0 Å². The van der Waals surface area contributed by atoms with Gasteiger partial charge in [-0.1, -0.05) is 0 Å². The summed E-state index contributed by atoms with van der Waals surface area (Å²) >= 11 is 0. The molecule has 0 bridgehead atoms. The Morgan fingerprint density at radius 3 is 2.65 bits per heavy atom. The largest absolute Gasteiger partial charge is 0.376 e. The lowest BCUT2D eigenvalue weighted by Gasteiger charge is -2.16. The first-order valence-corrected chi connectivity index (χ1v) is 5.91.